The second kappa shape index (κ2) is 7.69. The molecule has 1 saturated heterocycles. The summed E-state index contributed by atoms with van der Waals surface area (Å²) in [6.07, 6.45) is 4.89. The molecule has 126 valence electrons. The summed E-state index contributed by atoms with van der Waals surface area (Å²) in [5.74, 6) is 2.40. The lowest BCUT2D eigenvalue weighted by Gasteiger charge is -2.32. The summed E-state index contributed by atoms with van der Waals surface area (Å²) in [4.78, 5) is 15.0. The lowest BCUT2D eigenvalue weighted by molar-refractivity contribution is -0.122. The lowest BCUT2D eigenvalue weighted by atomic mass is 9.82. The van der Waals surface area contributed by atoms with E-state index >= 15 is 0 Å². The van der Waals surface area contributed by atoms with Crippen molar-refractivity contribution in [2.24, 2.45) is 5.73 Å². The van der Waals surface area contributed by atoms with Crippen LogP contribution in [0.25, 0.3) is 0 Å². The molecule has 3 N–H and O–H groups in total. The van der Waals surface area contributed by atoms with Crippen molar-refractivity contribution in [3.8, 4) is 0 Å². The SMILES string of the molecule is NC1(C(=O)Nc2cccc(CN3CCSCC3)c2)CCCCC1. The van der Waals surface area contributed by atoms with Crippen molar-refractivity contribution in [2.75, 3.05) is 29.9 Å². The van der Waals surface area contributed by atoms with Crippen LogP contribution < -0.4 is 11.1 Å². The van der Waals surface area contributed by atoms with Gasteiger partial charge in [0.15, 0.2) is 0 Å². The maximum atomic E-state index is 12.5. The number of hydrogen-bond acceptors (Lipinski definition) is 4. The van der Waals surface area contributed by atoms with Crippen LogP contribution in [0, 0.1) is 0 Å². The number of anilines is 1. The smallest absolute Gasteiger partial charge is 0.244 e. The van der Waals surface area contributed by atoms with Crippen LogP contribution in [0.3, 0.4) is 0 Å². The highest BCUT2D eigenvalue weighted by molar-refractivity contribution is 7.99. The van der Waals surface area contributed by atoms with E-state index in [4.69, 9.17) is 5.73 Å². The van der Waals surface area contributed by atoms with Crippen molar-refractivity contribution in [1.29, 1.82) is 0 Å². The number of rotatable bonds is 4. The number of hydrogen-bond donors (Lipinski definition) is 2. The van der Waals surface area contributed by atoms with Crippen LogP contribution >= 0.6 is 11.8 Å². The number of nitrogens with one attached hydrogen (secondary N) is 1. The monoisotopic (exact) mass is 333 g/mol. The van der Waals surface area contributed by atoms with Gasteiger partial charge < -0.3 is 11.1 Å². The summed E-state index contributed by atoms with van der Waals surface area (Å²) in [5, 5.41) is 3.04. The normalized spacial score (nSPS) is 21.8. The van der Waals surface area contributed by atoms with Crippen LogP contribution in [0.1, 0.15) is 37.7 Å². The molecule has 0 atom stereocenters. The van der Waals surface area contributed by atoms with E-state index in [2.05, 4.69) is 22.3 Å². The molecule has 3 rings (SSSR count). The van der Waals surface area contributed by atoms with Crippen molar-refractivity contribution in [3.63, 3.8) is 0 Å². The summed E-state index contributed by atoms with van der Waals surface area (Å²) in [6.45, 7) is 3.25. The zero-order valence-electron chi connectivity index (χ0n) is 13.7. The third-order valence-corrected chi connectivity index (χ3v) is 5.84. The van der Waals surface area contributed by atoms with E-state index in [0.29, 0.717) is 0 Å². The van der Waals surface area contributed by atoms with Gasteiger partial charge in [0.05, 0.1) is 5.54 Å². The summed E-state index contributed by atoms with van der Waals surface area (Å²) in [7, 11) is 0. The van der Waals surface area contributed by atoms with Gasteiger partial charge in [0, 0.05) is 36.8 Å². The molecule has 2 fully saturated rings. The van der Waals surface area contributed by atoms with E-state index < -0.39 is 5.54 Å². The fourth-order valence-corrected chi connectivity index (χ4v) is 4.41. The van der Waals surface area contributed by atoms with Crippen molar-refractivity contribution >= 4 is 23.4 Å². The van der Waals surface area contributed by atoms with E-state index in [0.717, 1.165) is 51.0 Å². The lowest BCUT2D eigenvalue weighted by Crippen LogP contribution is -2.52. The Hall–Kier alpha value is -1.04. The van der Waals surface area contributed by atoms with E-state index in [1.54, 1.807) is 0 Å². The van der Waals surface area contributed by atoms with Crippen LogP contribution in [0.4, 0.5) is 5.69 Å². The molecule has 1 aromatic carbocycles. The Morgan fingerprint density at radius 2 is 1.96 bits per heavy atom. The van der Waals surface area contributed by atoms with Crippen molar-refractivity contribution in [3.05, 3.63) is 29.8 Å². The molecular formula is C18H27N3OS. The molecule has 0 unspecified atom stereocenters. The van der Waals surface area contributed by atoms with E-state index in [1.807, 2.05) is 23.9 Å². The van der Waals surface area contributed by atoms with Crippen LogP contribution in [0.15, 0.2) is 24.3 Å². The summed E-state index contributed by atoms with van der Waals surface area (Å²) < 4.78 is 0. The third-order valence-electron chi connectivity index (χ3n) is 4.89. The number of nitrogens with two attached hydrogens (primary N) is 1. The minimum atomic E-state index is -0.682. The van der Waals surface area contributed by atoms with Gasteiger partial charge in [0.25, 0.3) is 0 Å². The third kappa shape index (κ3) is 4.49. The molecule has 1 aliphatic carbocycles. The highest BCUT2D eigenvalue weighted by atomic mass is 32.2. The molecule has 0 bridgehead atoms. The Morgan fingerprint density at radius 3 is 2.70 bits per heavy atom. The standard InChI is InChI=1S/C18H27N3OS/c19-18(7-2-1-3-8-18)17(22)20-16-6-4-5-15(13-16)14-21-9-11-23-12-10-21/h4-6,13H,1-3,7-12,14,19H2,(H,20,22). The number of thioether (sulfide) groups is 1. The second-order valence-corrected chi connectivity index (χ2v) is 7.98. The van der Waals surface area contributed by atoms with Crippen LogP contribution in [-0.4, -0.2) is 40.9 Å². The van der Waals surface area contributed by atoms with Crippen LogP contribution in [0.5, 0.6) is 0 Å². The Balaban J connectivity index is 1.61. The Morgan fingerprint density at radius 1 is 1.22 bits per heavy atom. The average Bonchev–Trinajstić information content (AvgIpc) is 2.57. The Kier molecular flexibility index (Phi) is 5.62. The molecule has 0 radical (unpaired) electrons. The first-order valence-electron chi connectivity index (χ1n) is 8.65. The predicted octanol–water partition coefficient (Wildman–Crippen LogP) is 2.84. The van der Waals surface area contributed by atoms with Gasteiger partial charge in [0.2, 0.25) is 5.91 Å². The minimum absolute atomic E-state index is 0.0243. The molecule has 4 nitrogen and oxygen atoms in total. The van der Waals surface area contributed by atoms with Gasteiger partial charge in [-0.05, 0) is 30.5 Å². The molecule has 1 amide bonds. The first kappa shape index (κ1) is 16.8. The van der Waals surface area contributed by atoms with E-state index in [1.165, 1.54) is 23.5 Å². The molecule has 5 heteroatoms. The fraction of sp³-hybridized carbons (Fsp3) is 0.611. The van der Waals surface area contributed by atoms with Gasteiger partial charge in [0.1, 0.15) is 0 Å². The summed E-state index contributed by atoms with van der Waals surface area (Å²) in [5.41, 5.74) is 7.76. The Labute approximate surface area is 143 Å². The number of amides is 1. The summed E-state index contributed by atoms with van der Waals surface area (Å²) in [6, 6.07) is 8.20. The van der Waals surface area contributed by atoms with E-state index in [-0.39, 0.29) is 5.91 Å². The molecule has 1 heterocycles. The number of nitrogens with zero attached hydrogens (tertiary/aromatic N) is 1. The molecule has 23 heavy (non-hydrogen) atoms. The number of benzene rings is 1. The van der Waals surface area contributed by atoms with Crippen LogP contribution in [0.2, 0.25) is 0 Å². The maximum absolute atomic E-state index is 12.5. The zero-order chi connectivity index (χ0) is 16.1. The van der Waals surface area contributed by atoms with Gasteiger partial charge in [-0.3, -0.25) is 9.69 Å². The molecule has 2 aliphatic rings. The fourth-order valence-electron chi connectivity index (χ4n) is 3.43. The van der Waals surface area contributed by atoms with Gasteiger partial charge in [-0.2, -0.15) is 11.8 Å². The average molecular weight is 334 g/mol. The van der Waals surface area contributed by atoms with Gasteiger partial charge in [-0.15, -0.1) is 0 Å². The molecule has 1 aromatic rings. The highest BCUT2D eigenvalue weighted by Crippen LogP contribution is 2.27. The maximum Gasteiger partial charge on any atom is 0.244 e. The van der Waals surface area contributed by atoms with Gasteiger partial charge >= 0.3 is 0 Å². The quantitative estimate of drug-likeness (QED) is 0.889. The molecule has 1 saturated carbocycles. The molecular weight excluding hydrogens is 306 g/mol. The first-order chi connectivity index (χ1) is 11.2. The predicted molar refractivity (Wildman–Crippen MR) is 97.7 cm³/mol. The Bertz CT molecular complexity index is 537. The first-order valence-corrected chi connectivity index (χ1v) is 9.81. The molecule has 0 aromatic heterocycles. The second-order valence-electron chi connectivity index (χ2n) is 6.76. The van der Waals surface area contributed by atoms with Gasteiger partial charge in [-0.25, -0.2) is 0 Å². The van der Waals surface area contributed by atoms with Gasteiger partial charge in [-0.1, -0.05) is 31.4 Å². The van der Waals surface area contributed by atoms with Crippen molar-refractivity contribution < 1.29 is 4.79 Å². The van der Waals surface area contributed by atoms with Crippen LogP contribution in [-0.2, 0) is 11.3 Å². The molecule has 1 aliphatic heterocycles. The number of carbonyl (C=O) groups excluding carboxylic acids is 1. The highest BCUT2D eigenvalue weighted by Gasteiger charge is 2.35. The van der Waals surface area contributed by atoms with E-state index in [9.17, 15) is 4.79 Å². The topological polar surface area (TPSA) is 58.4 Å². The number of carbonyl (C=O) groups is 1. The molecule has 0 spiro atoms. The van der Waals surface area contributed by atoms with Crippen molar-refractivity contribution in [1.82, 2.24) is 4.90 Å². The largest absolute Gasteiger partial charge is 0.324 e. The summed E-state index contributed by atoms with van der Waals surface area (Å²) >= 11 is 2.02. The minimum Gasteiger partial charge on any atom is -0.324 e. The zero-order valence-corrected chi connectivity index (χ0v) is 14.5. The van der Waals surface area contributed by atoms with Crippen molar-refractivity contribution in [2.45, 2.75) is 44.2 Å².